The lowest BCUT2D eigenvalue weighted by atomic mass is 10.1. The number of hydrogen-bond acceptors (Lipinski definition) is 3. The van der Waals surface area contributed by atoms with Gasteiger partial charge in [-0.05, 0) is 50.9 Å². The highest BCUT2D eigenvalue weighted by Gasteiger charge is 1.99. The zero-order valence-electron chi connectivity index (χ0n) is 12.0. The Labute approximate surface area is 110 Å². The molecule has 3 heteroatoms. The number of rotatable bonds is 8. The summed E-state index contributed by atoms with van der Waals surface area (Å²) in [6, 6.07) is 6.29. The highest BCUT2D eigenvalue weighted by molar-refractivity contribution is 5.36. The largest absolute Gasteiger partial charge is 0.496 e. The maximum absolute atomic E-state index is 5.49. The Morgan fingerprint density at radius 2 is 2.06 bits per heavy atom. The molecule has 0 heterocycles. The molecule has 0 unspecified atom stereocenters. The number of nitrogens with one attached hydrogen (secondary N) is 1. The Hall–Kier alpha value is -1.06. The Balaban J connectivity index is 2.21. The van der Waals surface area contributed by atoms with Crippen LogP contribution in [0.15, 0.2) is 18.2 Å². The normalized spacial score (nSPS) is 10.9. The number of methoxy groups -OCH3 is 1. The highest BCUT2D eigenvalue weighted by atomic mass is 16.5. The first kappa shape index (κ1) is 15.0. The molecule has 0 spiro atoms. The van der Waals surface area contributed by atoms with Gasteiger partial charge in [-0.3, -0.25) is 0 Å². The predicted octanol–water partition coefficient (Wildman–Crippen LogP) is 2.91. The van der Waals surface area contributed by atoms with E-state index < -0.39 is 0 Å². The Morgan fingerprint density at radius 3 is 2.67 bits per heavy atom. The monoisotopic (exact) mass is 251 g/mol. The molecule has 3 nitrogen and oxygen atoms in total. The fourth-order valence-electron chi connectivity index (χ4n) is 1.80. The first-order chi connectivity index (χ1) is 8.63. The molecule has 0 aliphatic rings. The molecule has 0 aliphatic heterocycles. The summed E-state index contributed by atoms with van der Waals surface area (Å²) in [5.74, 6) is 0.948. The van der Waals surface area contributed by atoms with Crippen molar-refractivity contribution in [2.24, 2.45) is 0 Å². The molecule has 102 valence electrons. The summed E-state index contributed by atoms with van der Waals surface area (Å²) in [4.78, 5) is 0. The van der Waals surface area contributed by atoms with Gasteiger partial charge in [-0.2, -0.15) is 0 Å². The lowest BCUT2D eigenvalue weighted by Crippen LogP contribution is -2.17. The van der Waals surface area contributed by atoms with Gasteiger partial charge >= 0.3 is 0 Å². The third kappa shape index (κ3) is 5.52. The van der Waals surface area contributed by atoms with Crippen LogP contribution in [0.4, 0.5) is 0 Å². The number of benzene rings is 1. The van der Waals surface area contributed by atoms with Crippen molar-refractivity contribution in [3.05, 3.63) is 29.3 Å². The standard InChI is InChI=1S/C15H25NO2/c1-12(2)18-9-5-8-16-11-14-6-7-15(17-4)13(3)10-14/h6-7,10,12,16H,5,8-9,11H2,1-4H3. The minimum atomic E-state index is 0.328. The van der Waals surface area contributed by atoms with Crippen LogP contribution in [-0.4, -0.2) is 26.4 Å². The fourth-order valence-corrected chi connectivity index (χ4v) is 1.80. The SMILES string of the molecule is COc1ccc(CNCCCOC(C)C)cc1C. The van der Waals surface area contributed by atoms with E-state index >= 15 is 0 Å². The Bertz CT molecular complexity index is 350. The zero-order valence-corrected chi connectivity index (χ0v) is 12.0. The van der Waals surface area contributed by atoms with Crippen LogP contribution in [0.3, 0.4) is 0 Å². The number of aryl methyl sites for hydroxylation is 1. The second-order valence-corrected chi connectivity index (χ2v) is 4.75. The number of hydrogen-bond donors (Lipinski definition) is 1. The summed E-state index contributed by atoms with van der Waals surface area (Å²) < 4.78 is 10.7. The molecular weight excluding hydrogens is 226 g/mol. The Morgan fingerprint density at radius 1 is 1.28 bits per heavy atom. The van der Waals surface area contributed by atoms with Gasteiger partial charge in [-0.1, -0.05) is 12.1 Å². The van der Waals surface area contributed by atoms with Crippen molar-refractivity contribution in [2.75, 3.05) is 20.3 Å². The third-order valence-corrected chi connectivity index (χ3v) is 2.74. The second kappa shape index (κ2) is 8.11. The molecule has 0 fully saturated rings. The van der Waals surface area contributed by atoms with Crippen LogP contribution in [0.2, 0.25) is 0 Å². The van der Waals surface area contributed by atoms with Gasteiger partial charge < -0.3 is 14.8 Å². The summed E-state index contributed by atoms with van der Waals surface area (Å²) in [7, 11) is 1.70. The number of ether oxygens (including phenoxy) is 2. The first-order valence-corrected chi connectivity index (χ1v) is 6.59. The lowest BCUT2D eigenvalue weighted by Gasteiger charge is -2.10. The van der Waals surface area contributed by atoms with Gasteiger partial charge in [-0.25, -0.2) is 0 Å². The summed E-state index contributed by atoms with van der Waals surface area (Å²) in [6.45, 7) is 8.90. The van der Waals surface area contributed by atoms with E-state index in [4.69, 9.17) is 9.47 Å². The van der Waals surface area contributed by atoms with E-state index in [0.717, 1.165) is 31.9 Å². The Kier molecular flexibility index (Phi) is 6.76. The molecular formula is C15H25NO2. The quantitative estimate of drug-likeness (QED) is 0.721. The van der Waals surface area contributed by atoms with Crippen molar-refractivity contribution in [2.45, 2.75) is 39.8 Å². The van der Waals surface area contributed by atoms with E-state index in [2.05, 4.69) is 38.2 Å². The molecule has 0 saturated heterocycles. The van der Waals surface area contributed by atoms with Gasteiger partial charge in [0.05, 0.1) is 13.2 Å². The molecule has 0 aliphatic carbocycles. The topological polar surface area (TPSA) is 30.5 Å². The van der Waals surface area contributed by atoms with Crippen molar-refractivity contribution in [1.29, 1.82) is 0 Å². The van der Waals surface area contributed by atoms with Gasteiger partial charge in [-0.15, -0.1) is 0 Å². The van der Waals surface area contributed by atoms with Gasteiger partial charge in [0.2, 0.25) is 0 Å². The second-order valence-electron chi connectivity index (χ2n) is 4.75. The highest BCUT2D eigenvalue weighted by Crippen LogP contribution is 2.18. The summed E-state index contributed by atoms with van der Waals surface area (Å²) in [5.41, 5.74) is 2.47. The molecule has 1 rings (SSSR count). The molecule has 1 aromatic carbocycles. The first-order valence-electron chi connectivity index (χ1n) is 6.59. The molecule has 1 N–H and O–H groups in total. The van der Waals surface area contributed by atoms with Crippen LogP contribution in [0.1, 0.15) is 31.4 Å². The third-order valence-electron chi connectivity index (χ3n) is 2.74. The molecule has 0 atom stereocenters. The summed E-state index contributed by atoms with van der Waals surface area (Å²) in [5, 5.41) is 3.42. The smallest absolute Gasteiger partial charge is 0.121 e. The maximum Gasteiger partial charge on any atom is 0.121 e. The molecule has 0 saturated carbocycles. The van der Waals surface area contributed by atoms with Crippen LogP contribution in [0, 0.1) is 6.92 Å². The predicted molar refractivity (Wildman–Crippen MR) is 75.1 cm³/mol. The molecule has 0 amide bonds. The van der Waals surface area contributed by atoms with Gasteiger partial charge in [0, 0.05) is 13.2 Å². The lowest BCUT2D eigenvalue weighted by molar-refractivity contribution is 0.0770. The molecule has 0 radical (unpaired) electrons. The van der Waals surface area contributed by atoms with Crippen LogP contribution >= 0.6 is 0 Å². The van der Waals surface area contributed by atoms with Gasteiger partial charge in [0.15, 0.2) is 0 Å². The van der Waals surface area contributed by atoms with Gasteiger partial charge in [0.1, 0.15) is 5.75 Å². The van der Waals surface area contributed by atoms with Crippen LogP contribution in [-0.2, 0) is 11.3 Å². The van der Waals surface area contributed by atoms with Crippen molar-refractivity contribution in [3.8, 4) is 5.75 Å². The van der Waals surface area contributed by atoms with Crippen LogP contribution < -0.4 is 10.1 Å². The van der Waals surface area contributed by atoms with E-state index in [9.17, 15) is 0 Å². The van der Waals surface area contributed by atoms with Crippen LogP contribution in [0.5, 0.6) is 5.75 Å². The molecule has 0 aromatic heterocycles. The maximum atomic E-state index is 5.49. The molecule has 18 heavy (non-hydrogen) atoms. The fraction of sp³-hybridized carbons (Fsp3) is 0.600. The average molecular weight is 251 g/mol. The van der Waals surface area contributed by atoms with E-state index in [-0.39, 0.29) is 0 Å². The van der Waals surface area contributed by atoms with Crippen molar-refractivity contribution in [1.82, 2.24) is 5.32 Å². The summed E-state index contributed by atoms with van der Waals surface area (Å²) >= 11 is 0. The minimum Gasteiger partial charge on any atom is -0.496 e. The van der Waals surface area contributed by atoms with E-state index in [1.165, 1.54) is 11.1 Å². The molecule has 1 aromatic rings. The van der Waals surface area contributed by atoms with Crippen molar-refractivity contribution in [3.63, 3.8) is 0 Å². The van der Waals surface area contributed by atoms with E-state index in [1.807, 2.05) is 6.07 Å². The van der Waals surface area contributed by atoms with E-state index in [0.29, 0.717) is 6.10 Å². The van der Waals surface area contributed by atoms with E-state index in [1.54, 1.807) is 7.11 Å². The minimum absolute atomic E-state index is 0.328. The zero-order chi connectivity index (χ0) is 13.4. The van der Waals surface area contributed by atoms with Crippen LogP contribution in [0.25, 0.3) is 0 Å². The average Bonchev–Trinajstić information content (AvgIpc) is 2.33. The molecule has 0 bridgehead atoms. The van der Waals surface area contributed by atoms with Gasteiger partial charge in [0.25, 0.3) is 0 Å². The van der Waals surface area contributed by atoms with Crippen molar-refractivity contribution < 1.29 is 9.47 Å². The summed E-state index contributed by atoms with van der Waals surface area (Å²) in [6.07, 6.45) is 1.38. The van der Waals surface area contributed by atoms with Crippen molar-refractivity contribution >= 4 is 0 Å².